The summed E-state index contributed by atoms with van der Waals surface area (Å²) >= 11 is 1.38. The number of methoxy groups -OCH3 is 2. The first-order valence-electron chi connectivity index (χ1n) is 5.90. The van der Waals surface area contributed by atoms with Gasteiger partial charge in [0, 0.05) is 0 Å². The minimum atomic E-state index is -0.0631. The quantitative estimate of drug-likeness (QED) is 0.800. The maximum atomic E-state index is 12.6. The van der Waals surface area contributed by atoms with Gasteiger partial charge in [-0.3, -0.25) is 4.79 Å². The molecule has 0 atom stereocenters. The molecule has 0 N–H and O–H groups in total. The summed E-state index contributed by atoms with van der Waals surface area (Å²) in [5.74, 6) is 1.18. The summed E-state index contributed by atoms with van der Waals surface area (Å²) in [4.78, 5) is 13.2. The lowest BCUT2D eigenvalue weighted by Gasteiger charge is -2.12. The molecule has 4 heteroatoms. The van der Waals surface area contributed by atoms with Crippen molar-refractivity contribution in [3.8, 4) is 11.5 Å². The van der Waals surface area contributed by atoms with E-state index in [1.54, 1.807) is 20.3 Å². The molecule has 19 heavy (non-hydrogen) atoms. The van der Waals surface area contributed by atoms with E-state index in [4.69, 9.17) is 9.47 Å². The lowest BCUT2D eigenvalue weighted by Crippen LogP contribution is -2.05. The van der Waals surface area contributed by atoms with Crippen LogP contribution in [-0.4, -0.2) is 20.0 Å². The van der Waals surface area contributed by atoms with Crippen LogP contribution in [-0.2, 0) is 0 Å². The first-order valence-corrected chi connectivity index (χ1v) is 6.78. The summed E-state index contributed by atoms with van der Waals surface area (Å²) in [7, 11) is 3.15. The molecule has 0 unspecified atom stereocenters. The third kappa shape index (κ3) is 2.36. The number of ether oxygens (including phenoxy) is 2. The normalized spacial score (nSPS) is 10.3. The minimum absolute atomic E-state index is 0.0631. The van der Waals surface area contributed by atoms with E-state index in [1.165, 1.54) is 11.3 Å². The van der Waals surface area contributed by atoms with Crippen molar-refractivity contribution in [2.45, 2.75) is 13.8 Å². The Morgan fingerprint density at radius 1 is 1.11 bits per heavy atom. The summed E-state index contributed by atoms with van der Waals surface area (Å²) in [5.41, 5.74) is 2.67. The van der Waals surface area contributed by atoms with Crippen molar-refractivity contribution in [2.75, 3.05) is 14.2 Å². The molecule has 0 aliphatic heterocycles. The maximum absolute atomic E-state index is 12.6. The number of thiophene rings is 1. The van der Waals surface area contributed by atoms with Crippen LogP contribution in [0, 0.1) is 13.8 Å². The van der Waals surface area contributed by atoms with Gasteiger partial charge in [-0.2, -0.15) is 0 Å². The fraction of sp³-hybridized carbons (Fsp3) is 0.267. The van der Waals surface area contributed by atoms with Crippen LogP contribution in [0.3, 0.4) is 0 Å². The zero-order valence-corrected chi connectivity index (χ0v) is 12.3. The minimum Gasteiger partial charge on any atom is -0.496 e. The fourth-order valence-electron chi connectivity index (χ4n) is 1.98. The number of carbonyl (C=O) groups is 1. The van der Waals surface area contributed by atoms with Gasteiger partial charge >= 0.3 is 0 Å². The van der Waals surface area contributed by atoms with Crippen LogP contribution >= 0.6 is 11.3 Å². The number of hydrogen-bond acceptors (Lipinski definition) is 4. The molecule has 1 aromatic heterocycles. The Morgan fingerprint density at radius 3 is 2.47 bits per heavy atom. The van der Waals surface area contributed by atoms with Gasteiger partial charge in [-0.1, -0.05) is 6.07 Å². The van der Waals surface area contributed by atoms with Crippen molar-refractivity contribution >= 4 is 17.1 Å². The van der Waals surface area contributed by atoms with Crippen molar-refractivity contribution in [1.29, 1.82) is 0 Å². The number of benzene rings is 1. The summed E-state index contributed by atoms with van der Waals surface area (Å²) in [6, 6.07) is 5.54. The zero-order chi connectivity index (χ0) is 14.0. The van der Waals surface area contributed by atoms with E-state index in [0.29, 0.717) is 21.9 Å². The second kappa shape index (κ2) is 5.45. The molecular weight excluding hydrogens is 260 g/mol. The Balaban J connectivity index is 2.53. The standard InChI is InChI=1S/C15H16O3S/c1-9-5-6-11(14(18-4)10(9)2)13(16)15-12(17-3)7-8-19-15/h5-8H,1-4H3. The molecule has 0 spiro atoms. The third-order valence-corrected chi connectivity index (χ3v) is 4.08. The molecule has 3 nitrogen and oxygen atoms in total. The molecule has 2 aromatic rings. The van der Waals surface area contributed by atoms with Crippen molar-refractivity contribution < 1.29 is 14.3 Å². The highest BCUT2D eigenvalue weighted by Crippen LogP contribution is 2.33. The Kier molecular flexibility index (Phi) is 3.90. The number of ketones is 1. The second-order valence-electron chi connectivity index (χ2n) is 4.24. The second-order valence-corrected chi connectivity index (χ2v) is 5.15. The summed E-state index contributed by atoms with van der Waals surface area (Å²) in [5, 5.41) is 1.85. The van der Waals surface area contributed by atoms with Crippen LogP contribution in [0.15, 0.2) is 23.6 Å². The summed E-state index contributed by atoms with van der Waals surface area (Å²) < 4.78 is 10.6. The molecule has 1 aromatic carbocycles. The van der Waals surface area contributed by atoms with E-state index in [0.717, 1.165) is 11.1 Å². The molecule has 0 bridgehead atoms. The Bertz CT molecular complexity index is 614. The predicted molar refractivity (Wildman–Crippen MR) is 76.8 cm³/mol. The smallest absolute Gasteiger partial charge is 0.210 e. The molecule has 0 fully saturated rings. The Morgan fingerprint density at radius 2 is 1.84 bits per heavy atom. The lowest BCUT2D eigenvalue weighted by atomic mass is 10.0. The van der Waals surface area contributed by atoms with Crippen molar-refractivity contribution in [2.24, 2.45) is 0 Å². The van der Waals surface area contributed by atoms with Gasteiger partial charge in [0.15, 0.2) is 0 Å². The maximum Gasteiger partial charge on any atom is 0.210 e. The van der Waals surface area contributed by atoms with Gasteiger partial charge in [0.2, 0.25) is 5.78 Å². The van der Waals surface area contributed by atoms with Gasteiger partial charge in [-0.15, -0.1) is 11.3 Å². The van der Waals surface area contributed by atoms with Crippen molar-refractivity contribution in [3.63, 3.8) is 0 Å². The molecule has 0 saturated heterocycles. The highest BCUT2D eigenvalue weighted by molar-refractivity contribution is 7.12. The topological polar surface area (TPSA) is 35.5 Å². The number of rotatable bonds is 4. The lowest BCUT2D eigenvalue weighted by molar-refractivity contribution is 0.103. The Hall–Kier alpha value is -1.81. The van der Waals surface area contributed by atoms with Crippen LogP contribution in [0.25, 0.3) is 0 Å². The number of hydrogen-bond donors (Lipinski definition) is 0. The highest BCUT2D eigenvalue weighted by atomic mass is 32.1. The SMILES string of the molecule is COc1ccsc1C(=O)c1ccc(C)c(C)c1OC. The fourth-order valence-corrected chi connectivity index (χ4v) is 2.79. The molecule has 0 amide bonds. The van der Waals surface area contributed by atoms with Crippen LogP contribution in [0.2, 0.25) is 0 Å². The van der Waals surface area contributed by atoms with Gasteiger partial charge < -0.3 is 9.47 Å². The molecule has 0 saturated carbocycles. The van der Waals surface area contributed by atoms with E-state index in [1.807, 2.05) is 31.4 Å². The molecular formula is C15H16O3S. The molecule has 0 aliphatic carbocycles. The van der Waals surface area contributed by atoms with Crippen LogP contribution in [0.5, 0.6) is 11.5 Å². The number of carbonyl (C=O) groups excluding carboxylic acids is 1. The van der Waals surface area contributed by atoms with E-state index >= 15 is 0 Å². The van der Waals surface area contributed by atoms with E-state index in [9.17, 15) is 4.79 Å². The van der Waals surface area contributed by atoms with E-state index in [2.05, 4.69) is 0 Å². The highest BCUT2D eigenvalue weighted by Gasteiger charge is 2.21. The van der Waals surface area contributed by atoms with Crippen LogP contribution in [0.4, 0.5) is 0 Å². The first kappa shape index (κ1) is 13.6. The molecule has 2 rings (SSSR count). The van der Waals surface area contributed by atoms with Crippen LogP contribution < -0.4 is 9.47 Å². The molecule has 0 aliphatic rings. The Labute approximate surface area is 116 Å². The van der Waals surface area contributed by atoms with Gasteiger partial charge in [0.05, 0.1) is 19.8 Å². The van der Waals surface area contributed by atoms with E-state index < -0.39 is 0 Å². The average Bonchev–Trinajstić information content (AvgIpc) is 2.89. The number of aryl methyl sites for hydroxylation is 1. The summed E-state index contributed by atoms with van der Waals surface area (Å²) in [6.45, 7) is 3.95. The summed E-state index contributed by atoms with van der Waals surface area (Å²) in [6.07, 6.45) is 0. The third-order valence-electron chi connectivity index (χ3n) is 3.18. The zero-order valence-electron chi connectivity index (χ0n) is 11.4. The van der Waals surface area contributed by atoms with Gasteiger partial charge in [0.1, 0.15) is 16.4 Å². The van der Waals surface area contributed by atoms with Gasteiger partial charge in [-0.05, 0) is 42.5 Å². The monoisotopic (exact) mass is 276 g/mol. The first-order chi connectivity index (χ1) is 9.10. The van der Waals surface area contributed by atoms with Crippen LogP contribution in [0.1, 0.15) is 26.4 Å². The van der Waals surface area contributed by atoms with Gasteiger partial charge in [-0.25, -0.2) is 0 Å². The van der Waals surface area contributed by atoms with E-state index in [-0.39, 0.29) is 5.78 Å². The molecule has 0 radical (unpaired) electrons. The van der Waals surface area contributed by atoms with Crippen molar-refractivity contribution in [1.82, 2.24) is 0 Å². The predicted octanol–water partition coefficient (Wildman–Crippen LogP) is 3.61. The average molecular weight is 276 g/mol. The largest absolute Gasteiger partial charge is 0.496 e. The van der Waals surface area contributed by atoms with Crippen molar-refractivity contribution in [3.05, 3.63) is 45.1 Å². The van der Waals surface area contributed by atoms with Gasteiger partial charge in [0.25, 0.3) is 0 Å². The molecule has 100 valence electrons. The molecule has 1 heterocycles.